The highest BCUT2D eigenvalue weighted by Crippen LogP contribution is 2.40. The van der Waals surface area contributed by atoms with Gasteiger partial charge in [-0.15, -0.1) is 0 Å². The van der Waals surface area contributed by atoms with Crippen molar-refractivity contribution in [2.24, 2.45) is 5.92 Å². The minimum absolute atomic E-state index is 0.0145. The van der Waals surface area contributed by atoms with Gasteiger partial charge in [0, 0.05) is 0 Å². The van der Waals surface area contributed by atoms with Crippen LogP contribution in [0.1, 0.15) is 126 Å². The minimum atomic E-state index is -0.649. The summed E-state index contributed by atoms with van der Waals surface area (Å²) in [7, 11) is 0. The van der Waals surface area contributed by atoms with E-state index in [1.807, 2.05) is 18.2 Å². The van der Waals surface area contributed by atoms with Crippen molar-refractivity contribution in [2.45, 2.75) is 122 Å². The van der Waals surface area contributed by atoms with E-state index in [0.29, 0.717) is 36.0 Å². The molecule has 0 N–H and O–H groups in total. The van der Waals surface area contributed by atoms with Crippen LogP contribution in [0.2, 0.25) is 0 Å². The molecule has 2 aliphatic rings. The molecule has 0 spiro atoms. The van der Waals surface area contributed by atoms with E-state index in [4.69, 9.17) is 9.47 Å². The van der Waals surface area contributed by atoms with Crippen molar-refractivity contribution >= 4 is 0 Å². The molecule has 2 aromatic carbocycles. The molecule has 0 heterocycles. The summed E-state index contributed by atoms with van der Waals surface area (Å²) in [5, 5.41) is 0. The largest absolute Gasteiger partial charge is 0.491 e. The first kappa shape index (κ1) is 29.0. The van der Waals surface area contributed by atoms with Crippen LogP contribution in [0.4, 0.5) is 13.2 Å². The molecule has 0 radical (unpaired) electrons. The quantitative estimate of drug-likeness (QED) is 0.254. The molecule has 2 aromatic rings. The van der Waals surface area contributed by atoms with E-state index in [1.165, 1.54) is 25.3 Å². The van der Waals surface area contributed by atoms with Crippen LogP contribution in [0.15, 0.2) is 30.3 Å². The number of hydrogen-bond acceptors (Lipinski definition) is 2. The lowest BCUT2D eigenvalue weighted by atomic mass is 9.77. The Labute approximate surface area is 227 Å². The predicted molar refractivity (Wildman–Crippen MR) is 147 cm³/mol. The molecule has 0 aromatic heterocycles. The van der Waals surface area contributed by atoms with Gasteiger partial charge in [0.1, 0.15) is 0 Å². The van der Waals surface area contributed by atoms with Crippen molar-refractivity contribution < 1.29 is 22.6 Å². The third kappa shape index (κ3) is 7.77. The van der Waals surface area contributed by atoms with Gasteiger partial charge < -0.3 is 9.47 Å². The Bertz CT molecular complexity index is 1010. The van der Waals surface area contributed by atoms with E-state index in [1.54, 1.807) is 6.07 Å². The summed E-state index contributed by atoms with van der Waals surface area (Å²) in [4.78, 5) is 0. The van der Waals surface area contributed by atoms with Crippen LogP contribution in [-0.2, 0) is 11.3 Å². The lowest BCUT2D eigenvalue weighted by molar-refractivity contribution is 0.0130. The molecule has 5 heteroatoms. The molecule has 4 rings (SSSR count). The van der Waals surface area contributed by atoms with Crippen LogP contribution in [0.5, 0.6) is 5.75 Å². The summed E-state index contributed by atoms with van der Waals surface area (Å²) in [6, 6.07) is 8.70. The third-order valence-corrected chi connectivity index (χ3v) is 8.70. The topological polar surface area (TPSA) is 18.5 Å². The van der Waals surface area contributed by atoms with Gasteiger partial charge >= 0.3 is 0 Å². The number of unbranched alkanes of at least 4 members (excludes halogenated alkanes) is 4. The van der Waals surface area contributed by atoms with E-state index in [-0.39, 0.29) is 23.8 Å². The Kier molecular flexibility index (Phi) is 11.0. The number of rotatable bonds is 12. The van der Waals surface area contributed by atoms with Crippen molar-refractivity contribution in [3.05, 3.63) is 64.5 Å². The van der Waals surface area contributed by atoms with Gasteiger partial charge in [0.25, 0.3) is 0 Å². The fourth-order valence-electron chi connectivity index (χ4n) is 6.17. The summed E-state index contributed by atoms with van der Waals surface area (Å²) < 4.78 is 56.3. The van der Waals surface area contributed by atoms with E-state index in [9.17, 15) is 4.39 Å². The second-order valence-electron chi connectivity index (χ2n) is 11.6. The normalized spacial score (nSPS) is 23.9. The average molecular weight is 531 g/mol. The van der Waals surface area contributed by atoms with Gasteiger partial charge in [-0.05, 0) is 91.5 Å². The number of halogens is 3. The van der Waals surface area contributed by atoms with Crippen molar-refractivity contribution in [1.29, 1.82) is 0 Å². The highest BCUT2D eigenvalue weighted by Gasteiger charge is 2.29. The predicted octanol–water partition coefficient (Wildman–Crippen LogP) is 9.99. The Morgan fingerprint density at radius 1 is 0.737 bits per heavy atom. The monoisotopic (exact) mass is 530 g/mol. The van der Waals surface area contributed by atoms with Crippen molar-refractivity contribution in [3.8, 4) is 5.75 Å². The molecule has 0 saturated heterocycles. The maximum atomic E-state index is 15.1. The van der Waals surface area contributed by atoms with Crippen LogP contribution < -0.4 is 4.74 Å². The van der Waals surface area contributed by atoms with Crippen molar-refractivity contribution in [2.75, 3.05) is 6.61 Å². The Morgan fingerprint density at radius 3 is 1.95 bits per heavy atom. The zero-order chi connectivity index (χ0) is 26.9. The van der Waals surface area contributed by atoms with Gasteiger partial charge in [-0.1, -0.05) is 70.6 Å². The van der Waals surface area contributed by atoms with Crippen LogP contribution in [0.3, 0.4) is 0 Å². The van der Waals surface area contributed by atoms with E-state index < -0.39 is 11.6 Å². The van der Waals surface area contributed by atoms with Gasteiger partial charge in [0.15, 0.2) is 23.2 Å². The van der Waals surface area contributed by atoms with Crippen molar-refractivity contribution in [1.82, 2.24) is 0 Å². The van der Waals surface area contributed by atoms with Crippen LogP contribution >= 0.6 is 0 Å². The molecule has 2 nitrogen and oxygen atoms in total. The number of benzene rings is 2. The highest BCUT2D eigenvalue weighted by atomic mass is 19.2. The molecule has 38 heavy (non-hydrogen) atoms. The highest BCUT2D eigenvalue weighted by molar-refractivity contribution is 5.32. The molecule has 0 unspecified atom stereocenters. The zero-order valence-electron chi connectivity index (χ0n) is 23.3. The fraction of sp³-hybridized carbons (Fsp3) is 0.636. The first-order valence-electron chi connectivity index (χ1n) is 15.0. The lowest BCUT2D eigenvalue weighted by Crippen LogP contribution is -2.22. The third-order valence-electron chi connectivity index (χ3n) is 8.70. The van der Waals surface area contributed by atoms with Gasteiger partial charge in [0.2, 0.25) is 0 Å². The van der Waals surface area contributed by atoms with Gasteiger partial charge in [-0.25, -0.2) is 13.2 Å². The SMILES string of the molecule is CCCCCCCOc1ccc(COC2CCC(c3ccc(C4CCC(C)CC4)c(F)c3F)CC2)cc1F. The Hall–Kier alpha value is -2.01. The smallest absolute Gasteiger partial charge is 0.165 e. The van der Waals surface area contributed by atoms with E-state index in [2.05, 4.69) is 13.8 Å². The molecule has 0 bridgehead atoms. The molecule has 0 atom stereocenters. The van der Waals surface area contributed by atoms with Crippen LogP contribution in [0, 0.1) is 23.4 Å². The molecule has 210 valence electrons. The summed E-state index contributed by atoms with van der Waals surface area (Å²) in [6.45, 7) is 5.29. The Morgan fingerprint density at radius 2 is 1.34 bits per heavy atom. The van der Waals surface area contributed by atoms with E-state index in [0.717, 1.165) is 69.8 Å². The minimum Gasteiger partial charge on any atom is -0.491 e. The Balaban J connectivity index is 1.22. The zero-order valence-corrected chi connectivity index (χ0v) is 23.3. The molecule has 0 amide bonds. The number of ether oxygens (including phenoxy) is 2. The summed E-state index contributed by atoms with van der Waals surface area (Å²) >= 11 is 0. The van der Waals surface area contributed by atoms with Crippen molar-refractivity contribution in [3.63, 3.8) is 0 Å². The van der Waals surface area contributed by atoms with Crippen LogP contribution in [-0.4, -0.2) is 12.7 Å². The molecular formula is C33H45F3O2. The van der Waals surface area contributed by atoms with Gasteiger partial charge in [0.05, 0.1) is 19.3 Å². The van der Waals surface area contributed by atoms with Gasteiger partial charge in [-0.2, -0.15) is 0 Å². The first-order valence-corrected chi connectivity index (χ1v) is 15.0. The maximum Gasteiger partial charge on any atom is 0.165 e. The molecule has 2 fully saturated rings. The summed E-state index contributed by atoms with van der Waals surface area (Å²) in [5.74, 6) is -0.510. The van der Waals surface area contributed by atoms with Crippen LogP contribution in [0.25, 0.3) is 0 Å². The second-order valence-corrected chi connectivity index (χ2v) is 11.6. The molecule has 2 aliphatic carbocycles. The second kappa shape index (κ2) is 14.4. The van der Waals surface area contributed by atoms with E-state index >= 15 is 8.78 Å². The first-order chi connectivity index (χ1) is 18.5. The fourth-order valence-corrected chi connectivity index (χ4v) is 6.17. The summed E-state index contributed by atoms with van der Waals surface area (Å²) in [5.41, 5.74) is 1.85. The maximum absolute atomic E-state index is 15.1. The molecule has 2 saturated carbocycles. The molecule has 0 aliphatic heterocycles. The number of hydrogen-bond donors (Lipinski definition) is 0. The summed E-state index contributed by atoms with van der Waals surface area (Å²) in [6.07, 6.45) is 12.9. The van der Waals surface area contributed by atoms with Gasteiger partial charge in [-0.3, -0.25) is 0 Å². The molecular weight excluding hydrogens is 485 g/mol. The average Bonchev–Trinajstić information content (AvgIpc) is 2.93. The lowest BCUT2D eigenvalue weighted by Gasteiger charge is -2.30. The standard InChI is InChI=1S/C33H45F3O2/c1-3-4-5-6-7-20-37-31-19-10-24(21-30(31)34)22-38-27-15-13-26(14-16-27)29-18-17-28(32(35)33(29)36)25-11-8-23(2)9-12-25/h10,17-19,21,23,25-27H,3-9,11-16,20,22H2,1-2H3.